The summed E-state index contributed by atoms with van der Waals surface area (Å²) in [4.78, 5) is 22.9. The Balaban J connectivity index is 1.93. The first-order valence-electron chi connectivity index (χ1n) is 6.55. The highest BCUT2D eigenvalue weighted by Crippen LogP contribution is 2.11. The van der Waals surface area contributed by atoms with Crippen molar-refractivity contribution in [3.8, 4) is 0 Å². The number of amides is 2. The molecule has 4 N–H and O–H groups in total. The lowest BCUT2D eigenvalue weighted by molar-refractivity contribution is -0.114. The van der Waals surface area contributed by atoms with E-state index in [0.29, 0.717) is 11.3 Å². The Hall–Kier alpha value is -2.82. The Morgan fingerprint density at radius 3 is 2.48 bits per heavy atom. The summed E-state index contributed by atoms with van der Waals surface area (Å²) in [5, 5.41) is 5.75. The van der Waals surface area contributed by atoms with Gasteiger partial charge in [-0.05, 0) is 42.8 Å². The van der Waals surface area contributed by atoms with Gasteiger partial charge in [0.15, 0.2) is 0 Å². The molecule has 5 heteroatoms. The van der Waals surface area contributed by atoms with Crippen molar-refractivity contribution in [3.63, 3.8) is 0 Å². The molecule has 0 fully saturated rings. The van der Waals surface area contributed by atoms with Crippen LogP contribution in [0.5, 0.6) is 0 Å². The molecule has 0 bridgehead atoms. The van der Waals surface area contributed by atoms with Gasteiger partial charge >= 0.3 is 0 Å². The molecule has 108 valence electrons. The molecule has 0 saturated carbocycles. The van der Waals surface area contributed by atoms with Crippen LogP contribution in [0, 0.1) is 6.92 Å². The molecule has 21 heavy (non-hydrogen) atoms. The first kappa shape index (κ1) is 14.6. The van der Waals surface area contributed by atoms with Gasteiger partial charge < -0.3 is 16.4 Å². The van der Waals surface area contributed by atoms with Crippen molar-refractivity contribution >= 4 is 23.2 Å². The number of carbonyl (C=O) groups is 2. The fourth-order valence-corrected chi connectivity index (χ4v) is 1.89. The number of carbonyl (C=O) groups excluding carboxylic acids is 2. The van der Waals surface area contributed by atoms with E-state index in [1.54, 1.807) is 24.3 Å². The Morgan fingerprint density at radius 1 is 1.05 bits per heavy atom. The Morgan fingerprint density at radius 2 is 1.76 bits per heavy atom. The average Bonchev–Trinajstić information content (AvgIpc) is 2.45. The van der Waals surface area contributed by atoms with Gasteiger partial charge in [-0.25, -0.2) is 0 Å². The molecule has 0 heterocycles. The maximum atomic E-state index is 11.9. The molecular formula is C16H17N3O2. The van der Waals surface area contributed by atoms with Gasteiger partial charge in [0.2, 0.25) is 11.8 Å². The lowest BCUT2D eigenvalue weighted by atomic mass is 10.2. The maximum absolute atomic E-state index is 11.9. The molecular weight excluding hydrogens is 266 g/mol. The Labute approximate surface area is 123 Å². The van der Waals surface area contributed by atoms with E-state index in [1.165, 1.54) is 0 Å². The highest BCUT2D eigenvalue weighted by atomic mass is 16.2. The first-order valence-corrected chi connectivity index (χ1v) is 6.55. The Kier molecular flexibility index (Phi) is 4.56. The molecule has 0 saturated heterocycles. The van der Waals surface area contributed by atoms with Crippen LogP contribution < -0.4 is 16.4 Å². The van der Waals surface area contributed by atoms with Crippen molar-refractivity contribution in [2.24, 2.45) is 5.73 Å². The maximum Gasteiger partial charge on any atom is 0.248 e. The summed E-state index contributed by atoms with van der Waals surface area (Å²) in [5.41, 5.74) is 8.11. The van der Waals surface area contributed by atoms with Crippen molar-refractivity contribution in [2.45, 2.75) is 6.92 Å². The molecule has 2 aromatic carbocycles. The van der Waals surface area contributed by atoms with Gasteiger partial charge in [0, 0.05) is 16.9 Å². The van der Waals surface area contributed by atoms with Gasteiger partial charge in [-0.1, -0.05) is 18.2 Å². The van der Waals surface area contributed by atoms with Crippen molar-refractivity contribution < 1.29 is 9.59 Å². The van der Waals surface area contributed by atoms with Gasteiger partial charge in [-0.2, -0.15) is 0 Å². The largest absolute Gasteiger partial charge is 0.376 e. The van der Waals surface area contributed by atoms with Crippen LogP contribution in [0.4, 0.5) is 11.4 Å². The minimum Gasteiger partial charge on any atom is -0.376 e. The van der Waals surface area contributed by atoms with Gasteiger partial charge in [0.25, 0.3) is 0 Å². The third-order valence-electron chi connectivity index (χ3n) is 2.90. The van der Waals surface area contributed by atoms with Gasteiger partial charge in [0.05, 0.1) is 6.54 Å². The van der Waals surface area contributed by atoms with Gasteiger partial charge in [0.1, 0.15) is 0 Å². The number of nitrogens with one attached hydrogen (secondary N) is 2. The average molecular weight is 283 g/mol. The van der Waals surface area contributed by atoms with Crippen LogP contribution in [0.2, 0.25) is 0 Å². The lowest BCUT2D eigenvalue weighted by Crippen LogP contribution is -2.22. The standard InChI is InChI=1S/C16H17N3O2/c1-11-4-2-6-13(8-11)18-10-15(20)19-14-7-3-5-12(9-14)16(17)21/h2-9,18H,10H2,1H3,(H2,17,21)(H,19,20). The number of hydrogen-bond donors (Lipinski definition) is 3. The summed E-state index contributed by atoms with van der Waals surface area (Å²) in [6.45, 7) is 2.13. The summed E-state index contributed by atoms with van der Waals surface area (Å²) in [6, 6.07) is 14.3. The van der Waals surface area contributed by atoms with E-state index in [0.717, 1.165) is 11.3 Å². The lowest BCUT2D eigenvalue weighted by Gasteiger charge is -2.09. The monoisotopic (exact) mass is 283 g/mol. The summed E-state index contributed by atoms with van der Waals surface area (Å²) in [5.74, 6) is -0.720. The second kappa shape index (κ2) is 6.56. The molecule has 0 radical (unpaired) electrons. The smallest absolute Gasteiger partial charge is 0.248 e. The SMILES string of the molecule is Cc1cccc(NCC(=O)Nc2cccc(C(N)=O)c2)c1. The first-order chi connectivity index (χ1) is 10.0. The van der Waals surface area contributed by atoms with E-state index < -0.39 is 5.91 Å². The number of benzene rings is 2. The van der Waals surface area contributed by atoms with Crippen LogP contribution >= 0.6 is 0 Å². The van der Waals surface area contributed by atoms with E-state index in [1.807, 2.05) is 31.2 Å². The number of rotatable bonds is 5. The van der Waals surface area contributed by atoms with Crippen LogP contribution in [-0.2, 0) is 4.79 Å². The zero-order valence-corrected chi connectivity index (χ0v) is 11.7. The third-order valence-corrected chi connectivity index (χ3v) is 2.90. The molecule has 2 rings (SSSR count). The summed E-state index contributed by atoms with van der Waals surface area (Å²) in [6.07, 6.45) is 0. The van der Waals surface area contributed by atoms with Crippen LogP contribution in [-0.4, -0.2) is 18.4 Å². The van der Waals surface area contributed by atoms with Crippen LogP contribution in [0.3, 0.4) is 0 Å². The van der Waals surface area contributed by atoms with Gasteiger partial charge in [-0.15, -0.1) is 0 Å². The topological polar surface area (TPSA) is 84.2 Å². The number of nitrogens with two attached hydrogens (primary N) is 1. The Bertz CT molecular complexity index is 668. The van der Waals surface area contributed by atoms with E-state index in [2.05, 4.69) is 10.6 Å². The number of hydrogen-bond acceptors (Lipinski definition) is 3. The van der Waals surface area contributed by atoms with Crippen molar-refractivity contribution in [2.75, 3.05) is 17.2 Å². The predicted molar refractivity (Wildman–Crippen MR) is 83.3 cm³/mol. The fraction of sp³-hybridized carbons (Fsp3) is 0.125. The number of anilines is 2. The minimum absolute atomic E-state index is 0.143. The zero-order chi connectivity index (χ0) is 15.2. The third kappa shape index (κ3) is 4.35. The predicted octanol–water partition coefficient (Wildman–Crippen LogP) is 2.14. The molecule has 2 amide bonds. The molecule has 0 aromatic heterocycles. The van der Waals surface area contributed by atoms with Crippen molar-refractivity contribution in [1.82, 2.24) is 0 Å². The number of aryl methyl sites for hydroxylation is 1. The molecule has 2 aromatic rings. The van der Waals surface area contributed by atoms with Crippen molar-refractivity contribution in [3.05, 3.63) is 59.7 Å². The molecule has 5 nitrogen and oxygen atoms in total. The highest BCUT2D eigenvalue weighted by molar-refractivity contribution is 5.97. The number of primary amides is 1. The molecule has 0 aliphatic rings. The normalized spacial score (nSPS) is 9.95. The summed E-state index contributed by atoms with van der Waals surface area (Å²) in [7, 11) is 0. The summed E-state index contributed by atoms with van der Waals surface area (Å²) < 4.78 is 0. The molecule has 0 aliphatic heterocycles. The molecule has 0 atom stereocenters. The second-order valence-electron chi connectivity index (χ2n) is 4.72. The molecule has 0 aliphatic carbocycles. The van der Waals surface area contributed by atoms with Crippen LogP contribution in [0.15, 0.2) is 48.5 Å². The zero-order valence-electron chi connectivity index (χ0n) is 11.7. The van der Waals surface area contributed by atoms with E-state index in [9.17, 15) is 9.59 Å². The van der Waals surface area contributed by atoms with Crippen LogP contribution in [0.25, 0.3) is 0 Å². The minimum atomic E-state index is -0.524. The van der Waals surface area contributed by atoms with Crippen LogP contribution in [0.1, 0.15) is 15.9 Å². The fourth-order valence-electron chi connectivity index (χ4n) is 1.89. The van der Waals surface area contributed by atoms with E-state index in [4.69, 9.17) is 5.73 Å². The highest BCUT2D eigenvalue weighted by Gasteiger charge is 2.05. The second-order valence-corrected chi connectivity index (χ2v) is 4.72. The van der Waals surface area contributed by atoms with E-state index >= 15 is 0 Å². The quantitative estimate of drug-likeness (QED) is 0.786. The van der Waals surface area contributed by atoms with Crippen molar-refractivity contribution in [1.29, 1.82) is 0 Å². The van der Waals surface area contributed by atoms with E-state index in [-0.39, 0.29) is 12.5 Å². The van der Waals surface area contributed by atoms with Gasteiger partial charge in [-0.3, -0.25) is 9.59 Å². The molecule has 0 spiro atoms. The summed E-state index contributed by atoms with van der Waals surface area (Å²) >= 11 is 0. The molecule has 0 unspecified atom stereocenters.